The number of anilines is 2. The SMILES string of the molecule is CC(C)Nc1c(F)c(Cl)c(-c2ccc3nc(NC(=O)[C@@H]4C[C@@H]4F)cn3c2)c2cn[nH]c12. The van der Waals surface area contributed by atoms with E-state index in [0.29, 0.717) is 33.5 Å². The molecule has 1 fully saturated rings. The van der Waals surface area contributed by atoms with E-state index in [1.807, 2.05) is 13.8 Å². The van der Waals surface area contributed by atoms with Crippen molar-refractivity contribution in [3.8, 4) is 11.1 Å². The van der Waals surface area contributed by atoms with E-state index >= 15 is 4.39 Å². The predicted octanol–water partition coefficient (Wildman–Crippen LogP) is 4.79. The second-order valence-corrected chi connectivity index (χ2v) is 8.37. The van der Waals surface area contributed by atoms with Gasteiger partial charge in [-0.2, -0.15) is 5.10 Å². The maximum atomic E-state index is 15.2. The minimum Gasteiger partial charge on any atom is -0.379 e. The van der Waals surface area contributed by atoms with E-state index in [9.17, 15) is 9.18 Å². The summed E-state index contributed by atoms with van der Waals surface area (Å²) in [6, 6.07) is 3.51. The van der Waals surface area contributed by atoms with Crippen molar-refractivity contribution in [3.05, 3.63) is 41.6 Å². The summed E-state index contributed by atoms with van der Waals surface area (Å²) in [7, 11) is 0. The van der Waals surface area contributed by atoms with Gasteiger partial charge < -0.3 is 15.0 Å². The quantitative estimate of drug-likeness (QED) is 0.413. The molecule has 0 unspecified atom stereocenters. The maximum absolute atomic E-state index is 15.2. The minimum atomic E-state index is -1.08. The van der Waals surface area contributed by atoms with Crippen LogP contribution in [0.2, 0.25) is 5.02 Å². The summed E-state index contributed by atoms with van der Waals surface area (Å²) < 4.78 is 30.0. The molecule has 7 nitrogen and oxygen atoms in total. The lowest BCUT2D eigenvalue weighted by molar-refractivity contribution is -0.117. The molecule has 1 aromatic carbocycles. The molecule has 1 saturated carbocycles. The molecule has 1 aliphatic carbocycles. The fourth-order valence-corrected chi connectivity index (χ4v) is 3.98. The summed E-state index contributed by atoms with van der Waals surface area (Å²) in [6.45, 7) is 3.81. The number of fused-ring (bicyclic) bond motifs is 2. The molecule has 2 atom stereocenters. The molecule has 10 heteroatoms. The number of rotatable bonds is 5. The van der Waals surface area contributed by atoms with Crippen LogP contribution in [0.1, 0.15) is 20.3 Å². The number of imidazole rings is 1. The molecular formula is C21H19ClF2N6O. The summed E-state index contributed by atoms with van der Waals surface area (Å²) >= 11 is 6.46. The van der Waals surface area contributed by atoms with E-state index in [-0.39, 0.29) is 29.1 Å². The second-order valence-electron chi connectivity index (χ2n) is 7.99. The zero-order valence-corrected chi connectivity index (χ0v) is 17.5. The number of benzene rings is 1. The molecular weight excluding hydrogens is 426 g/mol. The Morgan fingerprint density at radius 1 is 1.35 bits per heavy atom. The molecule has 0 aliphatic heterocycles. The van der Waals surface area contributed by atoms with Gasteiger partial charge in [0.2, 0.25) is 5.91 Å². The highest BCUT2D eigenvalue weighted by Gasteiger charge is 2.43. The molecule has 0 bridgehead atoms. The molecule has 1 aliphatic rings. The number of amides is 1. The summed E-state index contributed by atoms with van der Waals surface area (Å²) in [4.78, 5) is 16.3. The number of H-pyrrole nitrogens is 1. The van der Waals surface area contributed by atoms with Gasteiger partial charge >= 0.3 is 0 Å². The number of hydrogen-bond acceptors (Lipinski definition) is 4. The van der Waals surface area contributed by atoms with Gasteiger partial charge in [-0.1, -0.05) is 11.6 Å². The zero-order chi connectivity index (χ0) is 21.9. The Bertz CT molecular complexity index is 1330. The smallest absolute Gasteiger partial charge is 0.231 e. The molecule has 160 valence electrons. The predicted molar refractivity (Wildman–Crippen MR) is 116 cm³/mol. The Labute approximate surface area is 180 Å². The van der Waals surface area contributed by atoms with Crippen LogP contribution in [0.3, 0.4) is 0 Å². The highest BCUT2D eigenvalue weighted by molar-refractivity contribution is 6.36. The van der Waals surface area contributed by atoms with Gasteiger partial charge in [-0.15, -0.1) is 0 Å². The van der Waals surface area contributed by atoms with Crippen molar-refractivity contribution in [2.75, 3.05) is 10.6 Å². The van der Waals surface area contributed by atoms with Crippen LogP contribution in [0, 0.1) is 11.7 Å². The first-order chi connectivity index (χ1) is 14.8. The first-order valence-corrected chi connectivity index (χ1v) is 10.3. The van der Waals surface area contributed by atoms with E-state index in [2.05, 4.69) is 25.8 Å². The van der Waals surface area contributed by atoms with Crippen LogP contribution in [-0.4, -0.2) is 37.7 Å². The fraction of sp³-hybridized carbons (Fsp3) is 0.286. The number of alkyl halides is 1. The van der Waals surface area contributed by atoms with E-state index in [1.165, 1.54) is 0 Å². The normalized spacial score (nSPS) is 18.1. The number of halogens is 3. The van der Waals surface area contributed by atoms with Crippen LogP contribution >= 0.6 is 11.6 Å². The van der Waals surface area contributed by atoms with Crippen LogP contribution in [0.5, 0.6) is 0 Å². The van der Waals surface area contributed by atoms with Crippen molar-refractivity contribution >= 4 is 45.6 Å². The van der Waals surface area contributed by atoms with Crippen molar-refractivity contribution in [1.82, 2.24) is 19.6 Å². The third-order valence-corrected chi connectivity index (χ3v) is 5.62. The Kier molecular flexibility index (Phi) is 4.58. The maximum Gasteiger partial charge on any atom is 0.231 e. The van der Waals surface area contributed by atoms with Crippen LogP contribution in [-0.2, 0) is 4.79 Å². The van der Waals surface area contributed by atoms with Crippen LogP contribution < -0.4 is 10.6 Å². The monoisotopic (exact) mass is 444 g/mol. The summed E-state index contributed by atoms with van der Waals surface area (Å²) in [6.07, 6.45) is 4.14. The lowest BCUT2D eigenvalue weighted by Gasteiger charge is -2.16. The summed E-state index contributed by atoms with van der Waals surface area (Å²) in [5, 5.41) is 13.3. The van der Waals surface area contributed by atoms with Crippen molar-refractivity contribution in [3.63, 3.8) is 0 Å². The highest BCUT2D eigenvalue weighted by Crippen LogP contribution is 2.41. The van der Waals surface area contributed by atoms with Gasteiger partial charge in [0.1, 0.15) is 11.8 Å². The number of carbonyl (C=O) groups is 1. The summed E-state index contributed by atoms with van der Waals surface area (Å²) in [5.41, 5.74) is 2.52. The minimum absolute atomic E-state index is 0.00200. The van der Waals surface area contributed by atoms with E-state index in [0.717, 1.165) is 0 Å². The van der Waals surface area contributed by atoms with Crippen LogP contribution in [0.15, 0.2) is 30.7 Å². The molecule has 5 rings (SSSR count). The van der Waals surface area contributed by atoms with Gasteiger partial charge in [-0.25, -0.2) is 13.8 Å². The fourth-order valence-electron chi connectivity index (χ4n) is 3.67. The average Bonchev–Trinajstić information content (AvgIpc) is 3.11. The van der Waals surface area contributed by atoms with Crippen molar-refractivity contribution in [1.29, 1.82) is 0 Å². The Hall–Kier alpha value is -3.20. The molecule has 3 N–H and O–H groups in total. The van der Waals surface area contributed by atoms with Gasteiger partial charge in [0.25, 0.3) is 0 Å². The number of hydrogen-bond donors (Lipinski definition) is 3. The number of aromatic nitrogens is 4. The first-order valence-electron chi connectivity index (χ1n) is 9.88. The Balaban J connectivity index is 1.57. The van der Waals surface area contributed by atoms with Gasteiger partial charge in [0, 0.05) is 28.8 Å². The van der Waals surface area contributed by atoms with Gasteiger partial charge in [0.15, 0.2) is 11.6 Å². The van der Waals surface area contributed by atoms with Crippen LogP contribution in [0.25, 0.3) is 27.7 Å². The lowest BCUT2D eigenvalue weighted by Crippen LogP contribution is -2.15. The number of carbonyl (C=O) groups excluding carboxylic acids is 1. The molecule has 31 heavy (non-hydrogen) atoms. The Morgan fingerprint density at radius 2 is 2.13 bits per heavy atom. The molecule has 0 saturated heterocycles. The van der Waals surface area contributed by atoms with Gasteiger partial charge in [-0.3, -0.25) is 9.89 Å². The molecule has 4 aromatic rings. The van der Waals surface area contributed by atoms with E-state index < -0.39 is 17.9 Å². The van der Waals surface area contributed by atoms with Crippen molar-refractivity contribution in [2.24, 2.45) is 5.92 Å². The molecule has 1 amide bonds. The number of pyridine rings is 1. The largest absolute Gasteiger partial charge is 0.379 e. The second kappa shape index (κ2) is 7.19. The molecule has 0 spiro atoms. The van der Waals surface area contributed by atoms with Crippen molar-refractivity contribution < 1.29 is 13.6 Å². The van der Waals surface area contributed by atoms with Crippen LogP contribution in [0.4, 0.5) is 20.3 Å². The lowest BCUT2D eigenvalue weighted by atomic mass is 10.0. The standard InChI is InChI=1S/C21H19ClF2N6O/c1-9(2)26-20-18(24)17(22)16(12-6-25-29-19(12)20)10-3-4-15-27-14(8-30(15)7-10)28-21(31)11-5-13(11)23/h3-4,6-9,11,13,26H,5H2,1-2H3,(H,25,29)(H,28,31)/t11-,13+/m1/s1. The number of nitrogens with zero attached hydrogens (tertiary/aromatic N) is 3. The average molecular weight is 445 g/mol. The van der Waals surface area contributed by atoms with E-state index in [4.69, 9.17) is 11.6 Å². The third-order valence-electron chi connectivity index (χ3n) is 5.26. The highest BCUT2D eigenvalue weighted by atomic mass is 35.5. The third kappa shape index (κ3) is 3.38. The Morgan fingerprint density at radius 3 is 2.84 bits per heavy atom. The van der Waals surface area contributed by atoms with E-state index in [1.54, 1.807) is 35.1 Å². The number of nitrogens with one attached hydrogen (secondary N) is 3. The van der Waals surface area contributed by atoms with Crippen molar-refractivity contribution in [2.45, 2.75) is 32.5 Å². The van der Waals surface area contributed by atoms with Gasteiger partial charge in [-0.05, 0) is 32.4 Å². The van der Waals surface area contributed by atoms with Gasteiger partial charge in [0.05, 0.1) is 34.5 Å². The first kappa shape index (κ1) is 19.7. The zero-order valence-electron chi connectivity index (χ0n) is 16.7. The molecule has 0 radical (unpaired) electrons. The summed E-state index contributed by atoms with van der Waals surface area (Å²) in [5.74, 6) is -1.22. The topological polar surface area (TPSA) is 87.1 Å². The molecule has 3 heterocycles. The molecule has 3 aromatic heterocycles. The number of aromatic amines is 1.